The molecule has 0 radical (unpaired) electrons. The second-order valence-electron chi connectivity index (χ2n) is 4.18. The highest BCUT2D eigenvalue weighted by molar-refractivity contribution is 14.1. The van der Waals surface area contributed by atoms with Gasteiger partial charge in [0.05, 0.1) is 9.99 Å². The fourth-order valence-electron chi connectivity index (χ4n) is 2.18. The first-order valence-electron chi connectivity index (χ1n) is 5.89. The summed E-state index contributed by atoms with van der Waals surface area (Å²) in [5.74, 6) is -0.155. The zero-order valence-corrected chi connectivity index (χ0v) is 13.1. The third-order valence-corrected chi connectivity index (χ3v) is 4.90. The van der Waals surface area contributed by atoms with Crippen LogP contribution in [0, 0.1) is 0 Å². The predicted molar refractivity (Wildman–Crippen MR) is 81.9 cm³/mol. The molecular formula is C12H15IN2O2S. The Labute approximate surface area is 124 Å². The van der Waals surface area contributed by atoms with E-state index in [-0.39, 0.29) is 11.8 Å². The molecule has 0 bridgehead atoms. The molecule has 4 nitrogen and oxygen atoms in total. The molecule has 0 atom stereocenters. The van der Waals surface area contributed by atoms with Crippen LogP contribution in [-0.2, 0) is 17.6 Å². The highest BCUT2D eigenvalue weighted by Gasteiger charge is 2.25. The summed E-state index contributed by atoms with van der Waals surface area (Å²) in [6, 6.07) is 0. The maximum Gasteiger partial charge on any atom is 0.254 e. The fourth-order valence-corrected chi connectivity index (χ4v) is 3.67. The average Bonchev–Trinajstić information content (AvgIpc) is 2.75. The van der Waals surface area contributed by atoms with Gasteiger partial charge < -0.3 is 10.6 Å². The molecule has 1 aliphatic carbocycles. The number of fused-ring (bicyclic) bond motifs is 1. The number of alkyl halides is 1. The normalized spacial score (nSPS) is 13.9. The number of aryl methyl sites for hydroxylation is 1. The van der Waals surface area contributed by atoms with Gasteiger partial charge in [-0.25, -0.2) is 0 Å². The number of thiophene rings is 1. The smallest absolute Gasteiger partial charge is 0.254 e. The van der Waals surface area contributed by atoms with Gasteiger partial charge in [-0.2, -0.15) is 0 Å². The number of amides is 2. The number of carbonyl (C=O) groups is 2. The Bertz CT molecular complexity index is 485. The number of carbonyl (C=O) groups excluding carboxylic acids is 2. The van der Waals surface area contributed by atoms with E-state index in [1.165, 1.54) is 11.3 Å². The molecule has 98 valence electrons. The Morgan fingerprint density at radius 3 is 2.72 bits per heavy atom. The van der Waals surface area contributed by atoms with Crippen LogP contribution in [0.5, 0.6) is 0 Å². The van der Waals surface area contributed by atoms with E-state index in [0.717, 1.165) is 24.8 Å². The topological polar surface area (TPSA) is 58.2 Å². The Balaban J connectivity index is 2.41. The number of halogens is 1. The largest absolute Gasteiger partial charge is 0.355 e. The van der Waals surface area contributed by atoms with Gasteiger partial charge in [0.2, 0.25) is 5.91 Å². The Hall–Kier alpha value is -0.630. The van der Waals surface area contributed by atoms with Crippen LogP contribution in [0.25, 0.3) is 0 Å². The van der Waals surface area contributed by atoms with E-state index in [0.29, 0.717) is 15.0 Å². The first kappa shape index (κ1) is 13.8. The summed E-state index contributed by atoms with van der Waals surface area (Å²) in [6.45, 7) is 0. The zero-order valence-electron chi connectivity index (χ0n) is 10.1. The number of hydrogen-bond acceptors (Lipinski definition) is 3. The van der Waals surface area contributed by atoms with Crippen LogP contribution in [0.1, 0.15) is 33.6 Å². The van der Waals surface area contributed by atoms with E-state index in [2.05, 4.69) is 10.6 Å². The summed E-state index contributed by atoms with van der Waals surface area (Å²) < 4.78 is 0.396. The molecule has 0 aliphatic heterocycles. The van der Waals surface area contributed by atoms with Crippen LogP contribution in [-0.4, -0.2) is 23.3 Å². The summed E-state index contributed by atoms with van der Waals surface area (Å²) in [5.41, 5.74) is 1.81. The molecule has 2 rings (SSSR count). The van der Waals surface area contributed by atoms with E-state index in [9.17, 15) is 9.59 Å². The Morgan fingerprint density at radius 1 is 1.33 bits per heavy atom. The lowest BCUT2D eigenvalue weighted by atomic mass is 9.95. The molecular weight excluding hydrogens is 363 g/mol. The molecule has 1 aromatic rings. The number of nitrogens with one attached hydrogen (secondary N) is 2. The minimum Gasteiger partial charge on any atom is -0.355 e. The van der Waals surface area contributed by atoms with Crippen molar-refractivity contribution in [2.75, 3.05) is 16.8 Å². The molecule has 18 heavy (non-hydrogen) atoms. The van der Waals surface area contributed by atoms with Crippen molar-refractivity contribution in [3.8, 4) is 0 Å². The van der Waals surface area contributed by atoms with Crippen LogP contribution in [0.4, 0.5) is 5.00 Å². The van der Waals surface area contributed by atoms with Crippen molar-refractivity contribution < 1.29 is 9.59 Å². The first-order chi connectivity index (χ1) is 8.67. The molecule has 2 amide bonds. The average molecular weight is 378 g/mol. The summed E-state index contributed by atoms with van der Waals surface area (Å²) in [7, 11) is 1.62. The van der Waals surface area contributed by atoms with Gasteiger partial charge in [-0.05, 0) is 31.2 Å². The summed E-state index contributed by atoms with van der Waals surface area (Å²) in [5, 5.41) is 6.22. The maximum atomic E-state index is 12.0. The van der Waals surface area contributed by atoms with E-state index in [1.807, 2.05) is 22.6 Å². The van der Waals surface area contributed by atoms with Gasteiger partial charge in [0.25, 0.3) is 5.91 Å². The second-order valence-corrected chi connectivity index (χ2v) is 6.04. The zero-order chi connectivity index (χ0) is 13.1. The van der Waals surface area contributed by atoms with Crippen molar-refractivity contribution >= 4 is 50.7 Å². The molecule has 6 heteroatoms. The number of rotatable bonds is 3. The van der Waals surface area contributed by atoms with Crippen LogP contribution in [0.2, 0.25) is 0 Å². The molecule has 2 N–H and O–H groups in total. The van der Waals surface area contributed by atoms with Gasteiger partial charge in [-0.3, -0.25) is 9.59 Å². The van der Waals surface area contributed by atoms with Crippen molar-refractivity contribution in [1.29, 1.82) is 0 Å². The number of hydrogen-bond donors (Lipinski definition) is 2. The van der Waals surface area contributed by atoms with Crippen molar-refractivity contribution in [2.24, 2.45) is 0 Å². The quantitative estimate of drug-likeness (QED) is 0.627. The second kappa shape index (κ2) is 6.01. The minimum atomic E-state index is -0.0989. The lowest BCUT2D eigenvalue weighted by molar-refractivity contribution is -0.113. The van der Waals surface area contributed by atoms with Gasteiger partial charge in [-0.15, -0.1) is 11.3 Å². The van der Waals surface area contributed by atoms with Gasteiger partial charge in [0, 0.05) is 11.9 Å². The van der Waals surface area contributed by atoms with Crippen molar-refractivity contribution in [3.63, 3.8) is 0 Å². The highest BCUT2D eigenvalue weighted by Crippen LogP contribution is 2.38. The third kappa shape index (κ3) is 2.69. The summed E-state index contributed by atoms with van der Waals surface area (Å²) in [4.78, 5) is 24.7. The molecule has 0 saturated carbocycles. The van der Waals surface area contributed by atoms with Gasteiger partial charge in [0.1, 0.15) is 5.00 Å². The van der Waals surface area contributed by atoms with Crippen LogP contribution < -0.4 is 10.6 Å². The van der Waals surface area contributed by atoms with E-state index in [4.69, 9.17) is 0 Å². The summed E-state index contributed by atoms with van der Waals surface area (Å²) >= 11 is 3.57. The molecule has 1 aliphatic rings. The molecule has 0 saturated heterocycles. The monoisotopic (exact) mass is 378 g/mol. The molecule has 0 fully saturated rings. The molecule has 1 aromatic heterocycles. The minimum absolute atomic E-state index is 0.0562. The lowest BCUT2D eigenvalue weighted by Gasteiger charge is -2.12. The van der Waals surface area contributed by atoms with Crippen LogP contribution >= 0.6 is 33.9 Å². The van der Waals surface area contributed by atoms with E-state index in [1.54, 1.807) is 18.4 Å². The van der Waals surface area contributed by atoms with E-state index < -0.39 is 0 Å². The van der Waals surface area contributed by atoms with Gasteiger partial charge in [0.15, 0.2) is 0 Å². The Kier molecular flexibility index (Phi) is 4.60. The number of anilines is 1. The first-order valence-corrected chi connectivity index (χ1v) is 8.24. The fraction of sp³-hybridized carbons (Fsp3) is 0.500. The van der Waals surface area contributed by atoms with E-state index >= 15 is 0 Å². The Morgan fingerprint density at radius 2 is 2.06 bits per heavy atom. The molecule has 0 spiro atoms. The molecule has 0 aromatic carbocycles. The highest BCUT2D eigenvalue weighted by atomic mass is 127. The SMILES string of the molecule is CNC(=O)c1c(NC(=O)CI)sc2c1CCCC2. The molecule has 1 heterocycles. The van der Waals surface area contributed by atoms with Crippen LogP contribution in [0.3, 0.4) is 0 Å². The summed E-state index contributed by atoms with van der Waals surface area (Å²) in [6.07, 6.45) is 4.24. The van der Waals surface area contributed by atoms with Crippen molar-refractivity contribution in [2.45, 2.75) is 25.7 Å². The van der Waals surface area contributed by atoms with Crippen molar-refractivity contribution in [1.82, 2.24) is 5.32 Å². The van der Waals surface area contributed by atoms with Gasteiger partial charge >= 0.3 is 0 Å². The maximum absolute atomic E-state index is 12.0. The van der Waals surface area contributed by atoms with Crippen molar-refractivity contribution in [3.05, 3.63) is 16.0 Å². The predicted octanol–water partition coefficient (Wildman–Crippen LogP) is 2.36. The molecule has 0 unspecified atom stereocenters. The lowest BCUT2D eigenvalue weighted by Crippen LogP contribution is -2.22. The third-order valence-electron chi connectivity index (χ3n) is 3.00. The standard InChI is InChI=1S/C12H15IN2O2S/c1-14-11(17)10-7-4-2-3-5-8(7)18-12(10)15-9(16)6-13/h2-6H2,1H3,(H,14,17)(H,15,16). The van der Waals surface area contributed by atoms with Gasteiger partial charge in [-0.1, -0.05) is 22.6 Å². The van der Waals surface area contributed by atoms with Crippen LogP contribution in [0.15, 0.2) is 0 Å².